The lowest BCUT2D eigenvalue weighted by molar-refractivity contribution is -0.384. The first-order valence-corrected chi connectivity index (χ1v) is 10.5. The lowest BCUT2D eigenvalue weighted by Gasteiger charge is -2.16. The number of nitrogens with zero attached hydrogens (tertiary/aromatic N) is 3. The molecule has 0 atom stereocenters. The number of nitro groups is 1. The highest BCUT2D eigenvalue weighted by molar-refractivity contribution is 14.0. The van der Waals surface area contributed by atoms with Gasteiger partial charge in [0.05, 0.1) is 11.5 Å². The highest BCUT2D eigenvalue weighted by Gasteiger charge is 2.18. The van der Waals surface area contributed by atoms with Gasteiger partial charge in [-0.25, -0.2) is 4.99 Å². The Morgan fingerprint density at radius 1 is 1.29 bits per heavy atom. The molecule has 1 aromatic carbocycles. The number of guanidine groups is 1. The molecule has 1 aliphatic rings. The maximum atomic E-state index is 11.6. The van der Waals surface area contributed by atoms with Crippen LogP contribution >= 0.6 is 35.7 Å². The Labute approximate surface area is 187 Å². The number of aliphatic imine (C=N–C) groups is 1. The number of hydrogen-bond acceptors (Lipinski definition) is 5. The van der Waals surface area contributed by atoms with Gasteiger partial charge in [-0.2, -0.15) is 11.8 Å². The summed E-state index contributed by atoms with van der Waals surface area (Å²) in [5.41, 5.74) is 0.991. The Morgan fingerprint density at radius 3 is 2.61 bits per heavy atom. The van der Waals surface area contributed by atoms with E-state index in [9.17, 15) is 14.9 Å². The third kappa shape index (κ3) is 8.63. The van der Waals surface area contributed by atoms with Crippen molar-refractivity contribution in [1.82, 2.24) is 15.5 Å². The summed E-state index contributed by atoms with van der Waals surface area (Å²) in [7, 11) is 0. The molecule has 1 aromatic rings. The predicted octanol–water partition coefficient (Wildman–Crippen LogP) is 2.62. The van der Waals surface area contributed by atoms with Crippen LogP contribution in [-0.2, 0) is 11.3 Å². The van der Waals surface area contributed by atoms with Gasteiger partial charge in [0.2, 0.25) is 5.91 Å². The van der Waals surface area contributed by atoms with Crippen molar-refractivity contribution in [2.45, 2.75) is 25.8 Å². The lowest BCUT2D eigenvalue weighted by Crippen LogP contribution is -2.40. The van der Waals surface area contributed by atoms with Gasteiger partial charge in [0, 0.05) is 50.5 Å². The SMILES string of the molecule is CSCCNC(=NCc1ccc([N+](=O)[O-])cc1)NCCCN1CCCC1=O.I. The molecule has 1 saturated heterocycles. The normalized spacial score (nSPS) is 14.0. The fourth-order valence-electron chi connectivity index (χ4n) is 2.76. The van der Waals surface area contributed by atoms with Crippen LogP contribution in [0.4, 0.5) is 5.69 Å². The van der Waals surface area contributed by atoms with E-state index in [2.05, 4.69) is 21.9 Å². The predicted molar refractivity (Wildman–Crippen MR) is 124 cm³/mol. The average molecular weight is 521 g/mol. The topological polar surface area (TPSA) is 99.9 Å². The van der Waals surface area contributed by atoms with Crippen LogP contribution in [0.5, 0.6) is 0 Å². The quantitative estimate of drug-likeness (QED) is 0.123. The number of rotatable bonds is 10. The van der Waals surface area contributed by atoms with Crippen LogP contribution in [-0.4, -0.2) is 59.9 Å². The molecule has 0 spiro atoms. The number of carbonyl (C=O) groups excluding carboxylic acids is 1. The monoisotopic (exact) mass is 521 g/mol. The molecule has 156 valence electrons. The minimum Gasteiger partial charge on any atom is -0.356 e. The van der Waals surface area contributed by atoms with E-state index in [-0.39, 0.29) is 35.6 Å². The Morgan fingerprint density at radius 2 is 2.00 bits per heavy atom. The Balaban J connectivity index is 0.00000392. The number of likely N-dealkylation sites (tertiary alicyclic amines) is 1. The molecule has 0 bridgehead atoms. The molecular formula is C18H28IN5O3S. The van der Waals surface area contributed by atoms with Gasteiger partial charge in [-0.1, -0.05) is 12.1 Å². The standard InChI is InChI=1S/C18H27N5O3S.HI/c1-27-13-10-20-18(19-9-3-12-22-11-2-4-17(22)24)21-14-15-5-7-16(8-6-15)23(25)26;/h5-8H,2-4,9-14H2,1H3,(H2,19,20,21);1H. The van der Waals surface area contributed by atoms with Crippen molar-refractivity contribution in [1.29, 1.82) is 0 Å². The molecule has 0 aliphatic carbocycles. The maximum Gasteiger partial charge on any atom is 0.269 e. The molecule has 28 heavy (non-hydrogen) atoms. The third-order valence-electron chi connectivity index (χ3n) is 4.23. The molecule has 0 saturated carbocycles. The molecule has 2 N–H and O–H groups in total. The van der Waals surface area contributed by atoms with Gasteiger partial charge in [0.25, 0.3) is 5.69 Å². The van der Waals surface area contributed by atoms with Gasteiger partial charge in [-0.05, 0) is 24.7 Å². The molecule has 10 heteroatoms. The van der Waals surface area contributed by atoms with Crippen LogP contribution < -0.4 is 10.6 Å². The molecule has 0 unspecified atom stereocenters. The number of amides is 1. The zero-order valence-electron chi connectivity index (χ0n) is 16.1. The van der Waals surface area contributed by atoms with Crippen molar-refractivity contribution in [2.24, 2.45) is 4.99 Å². The molecule has 8 nitrogen and oxygen atoms in total. The number of nitro benzene ring substituents is 1. The Hall–Kier alpha value is -1.56. The van der Waals surface area contributed by atoms with E-state index in [4.69, 9.17) is 0 Å². The van der Waals surface area contributed by atoms with Crippen molar-refractivity contribution in [2.75, 3.05) is 38.2 Å². The first-order chi connectivity index (χ1) is 13.1. The highest BCUT2D eigenvalue weighted by Crippen LogP contribution is 2.12. The van der Waals surface area contributed by atoms with Crippen molar-refractivity contribution in [3.63, 3.8) is 0 Å². The summed E-state index contributed by atoms with van der Waals surface area (Å²) >= 11 is 1.75. The molecule has 1 aliphatic heterocycles. The van der Waals surface area contributed by atoms with Crippen LogP contribution in [0.2, 0.25) is 0 Å². The van der Waals surface area contributed by atoms with Crippen molar-refractivity contribution in [3.8, 4) is 0 Å². The first kappa shape index (κ1) is 24.5. The summed E-state index contributed by atoms with van der Waals surface area (Å²) in [6.45, 7) is 3.61. The van der Waals surface area contributed by atoms with E-state index in [0.717, 1.165) is 56.3 Å². The van der Waals surface area contributed by atoms with Crippen LogP contribution in [0.3, 0.4) is 0 Å². The van der Waals surface area contributed by atoms with E-state index < -0.39 is 4.92 Å². The van der Waals surface area contributed by atoms with E-state index in [1.807, 2.05) is 4.90 Å². The molecular weight excluding hydrogens is 493 g/mol. The van der Waals surface area contributed by atoms with E-state index in [0.29, 0.717) is 13.0 Å². The van der Waals surface area contributed by atoms with Gasteiger partial charge in [-0.3, -0.25) is 14.9 Å². The van der Waals surface area contributed by atoms with E-state index in [1.165, 1.54) is 12.1 Å². The van der Waals surface area contributed by atoms with E-state index >= 15 is 0 Å². The lowest BCUT2D eigenvalue weighted by atomic mass is 10.2. The summed E-state index contributed by atoms with van der Waals surface area (Å²) in [5, 5.41) is 17.3. The smallest absolute Gasteiger partial charge is 0.269 e. The zero-order chi connectivity index (χ0) is 19.5. The summed E-state index contributed by atoms with van der Waals surface area (Å²) in [6.07, 6.45) is 4.55. The van der Waals surface area contributed by atoms with Gasteiger partial charge in [0.1, 0.15) is 0 Å². The van der Waals surface area contributed by atoms with Gasteiger partial charge in [0.15, 0.2) is 5.96 Å². The number of thioether (sulfide) groups is 1. The second-order valence-corrected chi connectivity index (χ2v) is 7.26. The maximum absolute atomic E-state index is 11.6. The molecule has 1 heterocycles. The molecule has 0 aromatic heterocycles. The van der Waals surface area contributed by atoms with Crippen molar-refractivity contribution in [3.05, 3.63) is 39.9 Å². The molecule has 1 amide bonds. The summed E-state index contributed by atoms with van der Waals surface area (Å²) in [5.74, 6) is 1.94. The number of nitrogens with one attached hydrogen (secondary N) is 2. The Kier molecular flexibility index (Phi) is 11.9. The second-order valence-electron chi connectivity index (χ2n) is 6.27. The first-order valence-electron chi connectivity index (χ1n) is 9.12. The second kappa shape index (κ2) is 13.6. The number of non-ortho nitro benzene ring substituents is 1. The number of carbonyl (C=O) groups is 1. The number of halogens is 1. The Bertz CT molecular complexity index is 657. The molecule has 0 radical (unpaired) electrons. The average Bonchev–Trinajstić information content (AvgIpc) is 3.08. The largest absolute Gasteiger partial charge is 0.356 e. The fraction of sp³-hybridized carbons (Fsp3) is 0.556. The van der Waals surface area contributed by atoms with E-state index in [1.54, 1.807) is 23.9 Å². The van der Waals surface area contributed by atoms with Gasteiger partial charge < -0.3 is 15.5 Å². The van der Waals surface area contributed by atoms with Gasteiger partial charge >= 0.3 is 0 Å². The minimum absolute atomic E-state index is 0. The van der Waals surface area contributed by atoms with Crippen LogP contribution in [0.25, 0.3) is 0 Å². The third-order valence-corrected chi connectivity index (χ3v) is 4.85. The summed E-state index contributed by atoms with van der Waals surface area (Å²) < 4.78 is 0. The van der Waals surface area contributed by atoms with Crippen LogP contribution in [0.15, 0.2) is 29.3 Å². The summed E-state index contributed by atoms with van der Waals surface area (Å²) in [4.78, 5) is 28.4. The van der Waals surface area contributed by atoms with Gasteiger partial charge in [-0.15, -0.1) is 24.0 Å². The number of benzene rings is 1. The van der Waals surface area contributed by atoms with Crippen molar-refractivity contribution < 1.29 is 9.72 Å². The molecule has 2 rings (SSSR count). The van der Waals surface area contributed by atoms with Crippen LogP contribution in [0.1, 0.15) is 24.8 Å². The zero-order valence-corrected chi connectivity index (χ0v) is 19.2. The number of hydrogen-bond donors (Lipinski definition) is 2. The minimum atomic E-state index is -0.408. The molecule has 1 fully saturated rings. The van der Waals surface area contributed by atoms with Crippen LogP contribution in [0, 0.1) is 10.1 Å². The fourth-order valence-corrected chi connectivity index (χ4v) is 3.06. The van der Waals surface area contributed by atoms with Crippen molar-refractivity contribution >= 4 is 53.3 Å². The highest BCUT2D eigenvalue weighted by atomic mass is 127. The summed E-state index contributed by atoms with van der Waals surface area (Å²) in [6, 6.07) is 6.43.